The first-order valence-electron chi connectivity index (χ1n) is 11.4. The number of aromatic nitrogens is 3. The number of nitrogens with one attached hydrogen (secondary N) is 2. The van der Waals surface area contributed by atoms with E-state index in [4.69, 9.17) is 4.74 Å². The van der Waals surface area contributed by atoms with Crippen molar-refractivity contribution in [2.75, 3.05) is 44.7 Å². The van der Waals surface area contributed by atoms with Crippen LogP contribution >= 0.6 is 0 Å². The van der Waals surface area contributed by atoms with Crippen LogP contribution < -0.4 is 10.6 Å². The molecule has 0 saturated carbocycles. The Balaban J connectivity index is 1.27. The molecule has 0 bridgehead atoms. The molecule has 8 heteroatoms. The van der Waals surface area contributed by atoms with Gasteiger partial charge < -0.3 is 19.9 Å². The molecule has 1 unspecified atom stereocenters. The summed E-state index contributed by atoms with van der Waals surface area (Å²) in [5, 5.41) is 11.6. The van der Waals surface area contributed by atoms with Gasteiger partial charge >= 0.3 is 6.03 Å². The van der Waals surface area contributed by atoms with E-state index >= 15 is 0 Å². The maximum Gasteiger partial charge on any atom is 0.319 e. The number of carbonyl (C=O) groups is 1. The van der Waals surface area contributed by atoms with E-state index in [1.54, 1.807) is 0 Å². The van der Waals surface area contributed by atoms with Crippen molar-refractivity contribution >= 4 is 22.6 Å². The zero-order valence-electron chi connectivity index (χ0n) is 19.3. The maximum atomic E-state index is 12.4. The van der Waals surface area contributed by atoms with Gasteiger partial charge in [0.2, 0.25) is 0 Å². The van der Waals surface area contributed by atoms with E-state index in [0.29, 0.717) is 6.54 Å². The van der Waals surface area contributed by atoms with Crippen molar-refractivity contribution in [2.45, 2.75) is 33.9 Å². The van der Waals surface area contributed by atoms with Gasteiger partial charge in [-0.15, -0.1) is 0 Å². The van der Waals surface area contributed by atoms with Gasteiger partial charge in [0, 0.05) is 67.7 Å². The molecule has 2 N–H and O–H groups in total. The van der Waals surface area contributed by atoms with Gasteiger partial charge in [-0.2, -0.15) is 5.10 Å². The molecule has 1 fully saturated rings. The highest BCUT2D eigenvalue weighted by Gasteiger charge is 2.12. The van der Waals surface area contributed by atoms with Crippen LogP contribution in [0.4, 0.5) is 10.5 Å². The van der Waals surface area contributed by atoms with Gasteiger partial charge in [0.1, 0.15) is 0 Å². The number of amides is 2. The molecule has 1 aliphatic heterocycles. The van der Waals surface area contributed by atoms with Crippen molar-refractivity contribution in [3.8, 4) is 0 Å². The SMILES string of the molecule is Cc1cc(C)n(CC(C)CNC(=O)Nc2ccc3c(ccn3CCN3CCOCC3)c2)n1. The molecule has 4 rings (SSSR count). The maximum absolute atomic E-state index is 12.4. The molecule has 3 aromatic rings. The highest BCUT2D eigenvalue weighted by atomic mass is 16.5. The molecule has 1 saturated heterocycles. The molecular formula is C24H34N6O2. The highest BCUT2D eigenvalue weighted by molar-refractivity contribution is 5.92. The normalized spacial score (nSPS) is 15.7. The van der Waals surface area contributed by atoms with Crippen molar-refractivity contribution in [2.24, 2.45) is 5.92 Å². The van der Waals surface area contributed by atoms with E-state index in [-0.39, 0.29) is 11.9 Å². The van der Waals surface area contributed by atoms with Gasteiger partial charge in [0.15, 0.2) is 0 Å². The Morgan fingerprint density at radius 3 is 2.72 bits per heavy atom. The molecule has 1 aliphatic rings. The average Bonchev–Trinajstić information content (AvgIpc) is 3.33. The molecule has 1 atom stereocenters. The molecular weight excluding hydrogens is 404 g/mol. The molecule has 0 spiro atoms. The Morgan fingerprint density at radius 1 is 1.16 bits per heavy atom. The van der Waals surface area contributed by atoms with Crippen molar-refractivity contribution < 1.29 is 9.53 Å². The molecule has 32 heavy (non-hydrogen) atoms. The molecule has 0 aliphatic carbocycles. The number of benzene rings is 1. The Morgan fingerprint density at radius 2 is 1.97 bits per heavy atom. The van der Waals surface area contributed by atoms with Crippen LogP contribution in [0.25, 0.3) is 10.9 Å². The van der Waals surface area contributed by atoms with Crippen molar-refractivity contribution in [3.63, 3.8) is 0 Å². The topological polar surface area (TPSA) is 76.4 Å². The number of fused-ring (bicyclic) bond motifs is 1. The quantitative estimate of drug-likeness (QED) is 0.566. The van der Waals surface area contributed by atoms with Gasteiger partial charge in [0.05, 0.1) is 18.9 Å². The summed E-state index contributed by atoms with van der Waals surface area (Å²) in [6.45, 7) is 13.2. The predicted octanol–water partition coefficient (Wildman–Crippen LogP) is 3.24. The molecule has 2 aromatic heterocycles. The second-order valence-corrected chi connectivity index (χ2v) is 8.79. The summed E-state index contributed by atoms with van der Waals surface area (Å²) in [5.41, 5.74) is 4.14. The lowest BCUT2D eigenvalue weighted by Gasteiger charge is -2.26. The number of urea groups is 1. The fourth-order valence-electron chi connectivity index (χ4n) is 4.21. The molecule has 172 valence electrons. The summed E-state index contributed by atoms with van der Waals surface area (Å²) >= 11 is 0. The number of morpholine rings is 1. The third-order valence-electron chi connectivity index (χ3n) is 5.99. The largest absolute Gasteiger partial charge is 0.379 e. The van der Waals surface area contributed by atoms with E-state index in [1.165, 1.54) is 5.52 Å². The third kappa shape index (κ3) is 5.69. The first kappa shape index (κ1) is 22.4. The Kier molecular flexibility index (Phi) is 7.12. The lowest BCUT2D eigenvalue weighted by atomic mass is 10.2. The average molecular weight is 439 g/mol. The highest BCUT2D eigenvalue weighted by Crippen LogP contribution is 2.21. The van der Waals surface area contributed by atoms with Crippen LogP contribution in [-0.2, 0) is 17.8 Å². The second-order valence-electron chi connectivity index (χ2n) is 8.79. The lowest BCUT2D eigenvalue weighted by Crippen LogP contribution is -2.38. The predicted molar refractivity (Wildman–Crippen MR) is 127 cm³/mol. The minimum Gasteiger partial charge on any atom is -0.379 e. The van der Waals surface area contributed by atoms with E-state index in [0.717, 1.165) is 68.4 Å². The summed E-state index contributed by atoms with van der Waals surface area (Å²) in [4.78, 5) is 14.8. The van der Waals surface area contributed by atoms with E-state index in [9.17, 15) is 4.79 Å². The van der Waals surface area contributed by atoms with Crippen LogP contribution in [-0.4, -0.2) is 64.7 Å². The summed E-state index contributed by atoms with van der Waals surface area (Å²) in [5.74, 6) is 0.279. The molecule has 3 heterocycles. The van der Waals surface area contributed by atoms with Crippen LogP contribution in [0.2, 0.25) is 0 Å². The van der Waals surface area contributed by atoms with Gasteiger partial charge in [-0.05, 0) is 50.1 Å². The van der Waals surface area contributed by atoms with Crippen LogP contribution in [0.15, 0.2) is 36.5 Å². The Labute approximate surface area is 189 Å². The van der Waals surface area contributed by atoms with E-state index in [2.05, 4.69) is 63.4 Å². The molecule has 0 radical (unpaired) electrons. The smallest absolute Gasteiger partial charge is 0.319 e. The minimum atomic E-state index is -0.184. The Bertz CT molecular complexity index is 1050. The van der Waals surface area contributed by atoms with Crippen molar-refractivity contribution in [3.05, 3.63) is 47.9 Å². The van der Waals surface area contributed by atoms with Crippen LogP contribution in [0.5, 0.6) is 0 Å². The number of carbonyl (C=O) groups excluding carboxylic acids is 1. The second kappa shape index (κ2) is 10.2. The molecule has 8 nitrogen and oxygen atoms in total. The molecule has 2 amide bonds. The summed E-state index contributed by atoms with van der Waals surface area (Å²) in [6, 6.07) is 10.1. The zero-order valence-corrected chi connectivity index (χ0v) is 19.3. The zero-order chi connectivity index (χ0) is 22.5. The summed E-state index contributed by atoms with van der Waals surface area (Å²) in [6.07, 6.45) is 2.12. The van der Waals surface area contributed by atoms with Crippen molar-refractivity contribution in [1.82, 2.24) is 24.6 Å². The van der Waals surface area contributed by atoms with E-state index < -0.39 is 0 Å². The fraction of sp³-hybridized carbons (Fsp3) is 0.500. The fourth-order valence-corrected chi connectivity index (χ4v) is 4.21. The van der Waals surface area contributed by atoms with Gasteiger partial charge in [0.25, 0.3) is 0 Å². The number of rotatable bonds is 8. The van der Waals surface area contributed by atoms with Crippen molar-refractivity contribution in [1.29, 1.82) is 0 Å². The number of aryl methyl sites for hydroxylation is 2. The summed E-state index contributed by atoms with van der Waals surface area (Å²) in [7, 11) is 0. The monoisotopic (exact) mass is 438 g/mol. The lowest BCUT2D eigenvalue weighted by molar-refractivity contribution is 0.0365. The number of hydrogen-bond donors (Lipinski definition) is 2. The number of nitrogens with zero attached hydrogens (tertiary/aromatic N) is 4. The van der Waals surface area contributed by atoms with Gasteiger partial charge in [-0.1, -0.05) is 6.92 Å². The minimum absolute atomic E-state index is 0.184. The van der Waals surface area contributed by atoms with Crippen LogP contribution in [0.1, 0.15) is 18.3 Å². The standard InChI is InChI=1S/C24H34N6O2/c1-18(17-30-20(3)14-19(2)27-30)16-25-24(31)26-22-4-5-23-21(15-22)6-7-29(23)9-8-28-10-12-32-13-11-28/h4-7,14-15,18H,8-13,16-17H2,1-3H3,(H2,25,26,31). The number of hydrogen-bond acceptors (Lipinski definition) is 4. The van der Waals surface area contributed by atoms with E-state index in [1.807, 2.05) is 23.7 Å². The van der Waals surface area contributed by atoms with Gasteiger partial charge in [-0.3, -0.25) is 9.58 Å². The van der Waals surface area contributed by atoms with Gasteiger partial charge in [-0.25, -0.2) is 4.79 Å². The number of anilines is 1. The molecule has 1 aromatic carbocycles. The third-order valence-corrected chi connectivity index (χ3v) is 5.99. The Hall–Kier alpha value is -2.84. The van der Waals surface area contributed by atoms with Crippen LogP contribution in [0.3, 0.4) is 0 Å². The number of ether oxygens (including phenoxy) is 1. The van der Waals surface area contributed by atoms with Crippen LogP contribution in [0, 0.1) is 19.8 Å². The first-order valence-corrected chi connectivity index (χ1v) is 11.4. The first-order chi connectivity index (χ1) is 15.5. The summed E-state index contributed by atoms with van der Waals surface area (Å²) < 4.78 is 9.69.